The first-order valence-electron chi connectivity index (χ1n) is 6.92. The second kappa shape index (κ2) is 7.96. The molecule has 0 aromatic heterocycles. The number of para-hydroxylation sites is 1. The van der Waals surface area contributed by atoms with Crippen LogP contribution in [0.3, 0.4) is 0 Å². The van der Waals surface area contributed by atoms with Gasteiger partial charge in [-0.05, 0) is 30.4 Å². The number of carbonyl (C=O) groups excluding carboxylic acids is 1. The summed E-state index contributed by atoms with van der Waals surface area (Å²) >= 11 is 0. The number of aromatic hydroxyl groups is 2. The van der Waals surface area contributed by atoms with Crippen molar-refractivity contribution in [3.63, 3.8) is 0 Å². The lowest BCUT2D eigenvalue weighted by atomic mass is 10.1. The van der Waals surface area contributed by atoms with Crippen LogP contribution < -0.4 is 4.74 Å². The number of carbonyl (C=O) groups is 1. The number of phenols is 2. The maximum Gasteiger partial charge on any atom is 0.472 e. The molecule has 0 amide bonds. The van der Waals surface area contributed by atoms with E-state index in [0.29, 0.717) is 5.56 Å². The molecule has 2 aromatic rings. The zero-order valence-corrected chi connectivity index (χ0v) is 13.7. The Bertz CT molecular complexity index is 840. The van der Waals surface area contributed by atoms with Gasteiger partial charge in [-0.3, -0.25) is 4.79 Å². The van der Waals surface area contributed by atoms with E-state index in [4.69, 9.17) is 14.5 Å². The van der Waals surface area contributed by atoms with E-state index in [1.54, 1.807) is 18.2 Å². The van der Waals surface area contributed by atoms with Gasteiger partial charge in [0.25, 0.3) is 0 Å². The Morgan fingerprint density at radius 2 is 1.84 bits per heavy atom. The molecule has 132 valence electrons. The van der Waals surface area contributed by atoms with Crippen LogP contribution in [0.1, 0.15) is 15.9 Å². The predicted octanol–water partition coefficient (Wildman–Crippen LogP) is 2.44. The molecule has 2 rings (SSSR count). The van der Waals surface area contributed by atoms with Crippen molar-refractivity contribution in [3.8, 4) is 17.2 Å². The van der Waals surface area contributed by atoms with Gasteiger partial charge in [-0.25, -0.2) is 9.09 Å². The van der Waals surface area contributed by atoms with Gasteiger partial charge < -0.3 is 24.7 Å². The summed E-state index contributed by atoms with van der Waals surface area (Å²) in [6.45, 7) is -0.665. The van der Waals surface area contributed by atoms with E-state index in [2.05, 4.69) is 4.52 Å². The van der Waals surface area contributed by atoms with Gasteiger partial charge in [-0.15, -0.1) is 0 Å². The standard InChI is InChI=1S/C16H15O8P/c17-12-6-7-13(15(19)9-12)14(18)8-5-11-3-1-2-4-16(11)23-10-24-25(20,21)22/h1-9,17,19H,10H2,(H2,20,21,22). The maximum absolute atomic E-state index is 12.1. The van der Waals surface area contributed by atoms with Gasteiger partial charge >= 0.3 is 7.82 Å². The fraction of sp³-hybridized carbons (Fsp3) is 0.0625. The first-order chi connectivity index (χ1) is 11.8. The van der Waals surface area contributed by atoms with Crippen LogP contribution in [0.15, 0.2) is 48.5 Å². The van der Waals surface area contributed by atoms with Gasteiger partial charge in [0.05, 0.1) is 5.56 Å². The quantitative estimate of drug-likeness (QED) is 0.254. The highest BCUT2D eigenvalue weighted by Crippen LogP contribution is 2.35. The Hall–Kier alpha value is -2.64. The highest BCUT2D eigenvalue weighted by molar-refractivity contribution is 7.46. The van der Waals surface area contributed by atoms with Crippen LogP contribution in [0.4, 0.5) is 0 Å². The zero-order valence-electron chi connectivity index (χ0n) is 12.8. The minimum Gasteiger partial charge on any atom is -0.508 e. The van der Waals surface area contributed by atoms with Gasteiger partial charge in [0.1, 0.15) is 17.2 Å². The number of benzene rings is 2. The second-order valence-electron chi connectivity index (χ2n) is 4.82. The summed E-state index contributed by atoms with van der Waals surface area (Å²) in [6, 6.07) is 10.1. The molecule has 0 heterocycles. The summed E-state index contributed by atoms with van der Waals surface area (Å²) in [5, 5.41) is 18.9. The van der Waals surface area contributed by atoms with Gasteiger partial charge in [0, 0.05) is 11.6 Å². The Morgan fingerprint density at radius 1 is 1.12 bits per heavy atom. The topological polar surface area (TPSA) is 134 Å². The Balaban J connectivity index is 2.12. The van der Waals surface area contributed by atoms with E-state index in [1.165, 1.54) is 30.4 Å². The number of hydrogen-bond acceptors (Lipinski definition) is 6. The van der Waals surface area contributed by atoms with Crippen molar-refractivity contribution in [3.05, 3.63) is 59.7 Å². The van der Waals surface area contributed by atoms with Crippen LogP contribution in [0, 0.1) is 0 Å². The lowest BCUT2D eigenvalue weighted by Crippen LogP contribution is -2.02. The van der Waals surface area contributed by atoms with E-state index < -0.39 is 20.4 Å². The molecular formula is C16H15O8P. The first-order valence-corrected chi connectivity index (χ1v) is 8.45. The zero-order chi connectivity index (χ0) is 18.4. The number of ether oxygens (including phenoxy) is 1. The third kappa shape index (κ3) is 5.74. The van der Waals surface area contributed by atoms with Crippen LogP contribution in [0.2, 0.25) is 0 Å². The van der Waals surface area contributed by atoms with E-state index in [0.717, 1.165) is 6.07 Å². The van der Waals surface area contributed by atoms with Crippen molar-refractivity contribution >= 4 is 19.7 Å². The molecule has 0 fully saturated rings. The second-order valence-corrected chi connectivity index (χ2v) is 6.06. The smallest absolute Gasteiger partial charge is 0.472 e. The molecule has 0 aliphatic heterocycles. The number of phosphoric ester groups is 1. The normalized spacial score (nSPS) is 11.6. The molecule has 0 saturated heterocycles. The van der Waals surface area contributed by atoms with E-state index in [1.807, 2.05) is 0 Å². The first kappa shape index (κ1) is 18.7. The number of allylic oxidation sites excluding steroid dienone is 1. The summed E-state index contributed by atoms with van der Waals surface area (Å²) < 4.78 is 20.0. The molecule has 2 aromatic carbocycles. The molecule has 0 saturated carbocycles. The lowest BCUT2D eigenvalue weighted by Gasteiger charge is -2.10. The molecule has 0 unspecified atom stereocenters. The van der Waals surface area contributed by atoms with Gasteiger partial charge in [0.15, 0.2) is 12.6 Å². The average Bonchev–Trinajstić information content (AvgIpc) is 2.52. The fourth-order valence-electron chi connectivity index (χ4n) is 1.89. The summed E-state index contributed by atoms with van der Waals surface area (Å²) in [5.41, 5.74) is 0.473. The third-order valence-corrected chi connectivity index (χ3v) is 3.46. The van der Waals surface area contributed by atoms with Gasteiger partial charge in [0.2, 0.25) is 0 Å². The summed E-state index contributed by atoms with van der Waals surface area (Å²) in [5.74, 6) is -0.773. The Labute approximate surface area is 142 Å². The third-order valence-electron chi connectivity index (χ3n) is 3.02. The van der Waals surface area contributed by atoms with Crippen LogP contribution in [-0.4, -0.2) is 32.6 Å². The van der Waals surface area contributed by atoms with Crippen molar-refractivity contribution < 1.29 is 38.6 Å². The largest absolute Gasteiger partial charge is 0.508 e. The minimum atomic E-state index is -4.64. The molecule has 4 N–H and O–H groups in total. The van der Waals surface area contributed by atoms with E-state index >= 15 is 0 Å². The minimum absolute atomic E-state index is 0.0114. The molecule has 8 nitrogen and oxygen atoms in total. The molecular weight excluding hydrogens is 351 g/mol. The number of hydrogen-bond donors (Lipinski definition) is 4. The summed E-state index contributed by atoms with van der Waals surface area (Å²) in [7, 11) is -4.64. The molecule has 0 bridgehead atoms. The van der Waals surface area contributed by atoms with E-state index in [9.17, 15) is 19.6 Å². The van der Waals surface area contributed by atoms with Crippen molar-refractivity contribution in [1.29, 1.82) is 0 Å². The lowest BCUT2D eigenvalue weighted by molar-refractivity contribution is 0.0827. The van der Waals surface area contributed by atoms with Crippen LogP contribution in [-0.2, 0) is 9.09 Å². The van der Waals surface area contributed by atoms with Gasteiger partial charge in [-0.2, -0.15) is 0 Å². The molecule has 0 radical (unpaired) electrons. The monoisotopic (exact) mass is 366 g/mol. The van der Waals surface area contributed by atoms with Crippen molar-refractivity contribution in [1.82, 2.24) is 0 Å². The fourth-order valence-corrected chi connectivity index (χ4v) is 2.08. The highest BCUT2D eigenvalue weighted by Gasteiger charge is 2.14. The van der Waals surface area contributed by atoms with Crippen molar-refractivity contribution in [2.24, 2.45) is 0 Å². The number of phosphoric acid groups is 1. The maximum atomic E-state index is 12.1. The van der Waals surface area contributed by atoms with Gasteiger partial charge in [-0.1, -0.05) is 18.2 Å². The number of phenolic OH excluding ortho intramolecular Hbond substituents is 2. The van der Waals surface area contributed by atoms with Crippen molar-refractivity contribution in [2.45, 2.75) is 0 Å². The Kier molecular flexibility index (Phi) is 5.95. The predicted molar refractivity (Wildman–Crippen MR) is 88.2 cm³/mol. The molecule has 0 aliphatic rings. The SMILES string of the molecule is O=C(C=Cc1ccccc1OCOP(=O)(O)O)c1ccc(O)cc1O. The summed E-state index contributed by atoms with van der Waals surface area (Å²) in [4.78, 5) is 29.4. The molecule has 0 spiro atoms. The number of rotatable bonds is 7. The van der Waals surface area contributed by atoms with Crippen LogP contribution in [0.5, 0.6) is 17.2 Å². The Morgan fingerprint density at radius 3 is 2.52 bits per heavy atom. The van der Waals surface area contributed by atoms with Crippen LogP contribution in [0.25, 0.3) is 6.08 Å². The average molecular weight is 366 g/mol. The van der Waals surface area contributed by atoms with Crippen molar-refractivity contribution in [2.75, 3.05) is 6.79 Å². The number of ketones is 1. The molecule has 0 aliphatic carbocycles. The molecule has 9 heteroatoms. The van der Waals surface area contributed by atoms with Crippen LogP contribution >= 0.6 is 7.82 Å². The molecule has 0 atom stereocenters. The molecule has 25 heavy (non-hydrogen) atoms. The van der Waals surface area contributed by atoms with E-state index in [-0.39, 0.29) is 22.8 Å². The summed E-state index contributed by atoms with van der Waals surface area (Å²) in [6.07, 6.45) is 2.61. The highest BCUT2D eigenvalue weighted by atomic mass is 31.2.